The van der Waals surface area contributed by atoms with Gasteiger partial charge >= 0.3 is 0 Å². The topological polar surface area (TPSA) is 59.4 Å². The van der Waals surface area contributed by atoms with E-state index in [4.69, 9.17) is 11.6 Å². The smallest absolute Gasteiger partial charge is 0.164 e. The van der Waals surface area contributed by atoms with E-state index < -0.39 is 0 Å². The average Bonchev–Trinajstić information content (AvgIpc) is 3.26. The minimum Gasteiger partial charge on any atom is -0.303 e. The van der Waals surface area contributed by atoms with Crippen molar-refractivity contribution in [3.63, 3.8) is 0 Å². The Morgan fingerprint density at radius 1 is 1.12 bits per heavy atom. The zero-order chi connectivity index (χ0) is 17.7. The standard InChI is InChI=1S/C20H18ClN5/c1-12-16-11-14(7-10-17(16)23-22-12)20-25-24-19-4-2-3-18(26(19)20)13-5-8-15(21)9-6-13/h5-11,18H,2-4H2,1H3,(H,22,23)/t18-/m1/s1. The third-order valence-corrected chi connectivity index (χ3v) is 5.47. The first-order chi connectivity index (χ1) is 12.7. The molecular weight excluding hydrogens is 346 g/mol. The number of aromatic amines is 1. The van der Waals surface area contributed by atoms with E-state index in [0.717, 1.165) is 58.1 Å². The normalized spacial score (nSPS) is 16.8. The molecule has 3 heterocycles. The van der Waals surface area contributed by atoms with E-state index in [-0.39, 0.29) is 6.04 Å². The number of fused-ring (bicyclic) bond motifs is 2. The monoisotopic (exact) mass is 363 g/mol. The molecule has 2 aromatic carbocycles. The van der Waals surface area contributed by atoms with Gasteiger partial charge in [0, 0.05) is 28.1 Å². The molecule has 0 amide bonds. The maximum Gasteiger partial charge on any atom is 0.164 e. The van der Waals surface area contributed by atoms with E-state index >= 15 is 0 Å². The lowest BCUT2D eigenvalue weighted by Crippen LogP contribution is -2.20. The van der Waals surface area contributed by atoms with Gasteiger partial charge in [-0.1, -0.05) is 23.7 Å². The van der Waals surface area contributed by atoms with Gasteiger partial charge in [-0.2, -0.15) is 5.10 Å². The van der Waals surface area contributed by atoms with Crippen LogP contribution in [0, 0.1) is 6.92 Å². The first-order valence-corrected chi connectivity index (χ1v) is 9.23. The molecule has 5 rings (SSSR count). The number of nitrogens with one attached hydrogen (secondary N) is 1. The van der Waals surface area contributed by atoms with Crippen molar-refractivity contribution in [1.82, 2.24) is 25.0 Å². The molecule has 1 N–H and O–H groups in total. The van der Waals surface area contributed by atoms with Gasteiger partial charge < -0.3 is 4.57 Å². The van der Waals surface area contributed by atoms with E-state index in [2.05, 4.69) is 49.2 Å². The van der Waals surface area contributed by atoms with Crippen molar-refractivity contribution in [1.29, 1.82) is 0 Å². The van der Waals surface area contributed by atoms with Crippen LogP contribution in [0.3, 0.4) is 0 Å². The summed E-state index contributed by atoms with van der Waals surface area (Å²) in [6.45, 7) is 2.04. The van der Waals surface area contributed by atoms with Gasteiger partial charge in [0.2, 0.25) is 0 Å². The summed E-state index contributed by atoms with van der Waals surface area (Å²) in [5.74, 6) is 1.97. The molecule has 130 valence electrons. The number of aromatic nitrogens is 5. The minimum atomic E-state index is 0.238. The Kier molecular flexibility index (Phi) is 3.57. The van der Waals surface area contributed by atoms with Crippen LogP contribution in [0.25, 0.3) is 22.3 Å². The second kappa shape index (κ2) is 5.95. The summed E-state index contributed by atoms with van der Waals surface area (Å²) < 4.78 is 2.29. The molecular formula is C20H18ClN5. The van der Waals surface area contributed by atoms with E-state index in [1.807, 2.05) is 25.1 Å². The number of aryl methyl sites for hydroxylation is 2. The average molecular weight is 364 g/mol. The fourth-order valence-corrected chi connectivity index (χ4v) is 4.01. The molecule has 0 spiro atoms. The highest BCUT2D eigenvalue weighted by Gasteiger charge is 2.26. The van der Waals surface area contributed by atoms with Gasteiger partial charge in [0.15, 0.2) is 5.82 Å². The number of hydrogen-bond donors (Lipinski definition) is 1. The Hall–Kier alpha value is -2.66. The van der Waals surface area contributed by atoms with Crippen molar-refractivity contribution in [3.05, 3.63) is 64.6 Å². The highest BCUT2D eigenvalue weighted by Crippen LogP contribution is 2.35. The number of hydrogen-bond acceptors (Lipinski definition) is 3. The quantitative estimate of drug-likeness (QED) is 0.561. The van der Waals surface area contributed by atoms with Crippen LogP contribution in [-0.4, -0.2) is 25.0 Å². The fourth-order valence-electron chi connectivity index (χ4n) is 3.88. The van der Waals surface area contributed by atoms with Crippen LogP contribution < -0.4 is 0 Å². The number of rotatable bonds is 2. The predicted octanol–water partition coefficient (Wildman–Crippen LogP) is 4.71. The van der Waals surface area contributed by atoms with E-state index in [1.165, 1.54) is 5.56 Å². The largest absolute Gasteiger partial charge is 0.303 e. The SMILES string of the molecule is Cc1[nH]nc2ccc(-c3nnc4n3[C@@H](c3ccc(Cl)cc3)CCC4)cc12. The number of H-pyrrole nitrogens is 1. The highest BCUT2D eigenvalue weighted by atomic mass is 35.5. The zero-order valence-electron chi connectivity index (χ0n) is 14.4. The maximum atomic E-state index is 6.08. The number of benzene rings is 2. The molecule has 2 aromatic heterocycles. The van der Waals surface area contributed by atoms with Gasteiger partial charge in [-0.05, 0) is 55.7 Å². The van der Waals surface area contributed by atoms with Crippen LogP contribution in [0.4, 0.5) is 0 Å². The molecule has 6 heteroatoms. The summed E-state index contributed by atoms with van der Waals surface area (Å²) >= 11 is 6.08. The van der Waals surface area contributed by atoms with Crippen LogP contribution in [-0.2, 0) is 6.42 Å². The van der Waals surface area contributed by atoms with E-state index in [1.54, 1.807) is 0 Å². The van der Waals surface area contributed by atoms with Gasteiger partial charge in [0.05, 0.1) is 11.6 Å². The highest BCUT2D eigenvalue weighted by molar-refractivity contribution is 6.30. The molecule has 0 radical (unpaired) electrons. The van der Waals surface area contributed by atoms with Crippen molar-refractivity contribution < 1.29 is 0 Å². The fraction of sp³-hybridized carbons (Fsp3) is 0.250. The first-order valence-electron chi connectivity index (χ1n) is 8.85. The lowest BCUT2D eigenvalue weighted by molar-refractivity contribution is 0.454. The summed E-state index contributed by atoms with van der Waals surface area (Å²) in [4.78, 5) is 0. The molecule has 0 unspecified atom stereocenters. The molecule has 0 saturated heterocycles. The van der Waals surface area contributed by atoms with Crippen molar-refractivity contribution >= 4 is 22.5 Å². The van der Waals surface area contributed by atoms with Gasteiger partial charge in [-0.15, -0.1) is 10.2 Å². The molecule has 0 fully saturated rings. The molecule has 4 aromatic rings. The van der Waals surface area contributed by atoms with Gasteiger partial charge in [0.1, 0.15) is 5.82 Å². The molecule has 0 aliphatic carbocycles. The molecule has 0 bridgehead atoms. The Labute approximate surface area is 156 Å². The van der Waals surface area contributed by atoms with Crippen molar-refractivity contribution in [2.75, 3.05) is 0 Å². The van der Waals surface area contributed by atoms with Crippen molar-refractivity contribution in [3.8, 4) is 11.4 Å². The van der Waals surface area contributed by atoms with Gasteiger partial charge in [0.25, 0.3) is 0 Å². The summed E-state index contributed by atoms with van der Waals surface area (Å²) in [7, 11) is 0. The second-order valence-electron chi connectivity index (χ2n) is 6.85. The molecule has 26 heavy (non-hydrogen) atoms. The molecule has 1 aliphatic rings. The van der Waals surface area contributed by atoms with Crippen LogP contribution in [0.5, 0.6) is 0 Å². The Balaban J connectivity index is 1.66. The summed E-state index contributed by atoms with van der Waals surface area (Å²) in [5.41, 5.74) is 4.35. The second-order valence-corrected chi connectivity index (χ2v) is 7.29. The molecule has 5 nitrogen and oxygen atoms in total. The number of halogens is 1. The van der Waals surface area contributed by atoms with Crippen LogP contribution in [0.1, 0.15) is 36.0 Å². The summed E-state index contributed by atoms with van der Waals surface area (Å²) in [5, 5.41) is 18.3. The lowest BCUT2D eigenvalue weighted by atomic mass is 9.96. The molecule has 0 saturated carbocycles. The summed E-state index contributed by atoms with van der Waals surface area (Å²) in [6.07, 6.45) is 3.15. The molecule has 1 aliphatic heterocycles. The maximum absolute atomic E-state index is 6.08. The Bertz CT molecular complexity index is 1090. The molecule has 1 atom stereocenters. The summed E-state index contributed by atoms with van der Waals surface area (Å²) in [6, 6.07) is 14.6. The van der Waals surface area contributed by atoms with Crippen molar-refractivity contribution in [2.24, 2.45) is 0 Å². The number of nitrogens with zero attached hydrogens (tertiary/aromatic N) is 4. The zero-order valence-corrected chi connectivity index (χ0v) is 15.2. The van der Waals surface area contributed by atoms with Crippen LogP contribution in [0.2, 0.25) is 5.02 Å². The van der Waals surface area contributed by atoms with Crippen LogP contribution >= 0.6 is 11.6 Å². The minimum absolute atomic E-state index is 0.238. The lowest BCUT2D eigenvalue weighted by Gasteiger charge is -2.26. The predicted molar refractivity (Wildman–Crippen MR) is 102 cm³/mol. The first kappa shape index (κ1) is 15.6. The third kappa shape index (κ3) is 2.42. The van der Waals surface area contributed by atoms with E-state index in [9.17, 15) is 0 Å². The third-order valence-electron chi connectivity index (χ3n) is 5.21. The van der Waals surface area contributed by atoms with Crippen molar-refractivity contribution in [2.45, 2.75) is 32.2 Å². The van der Waals surface area contributed by atoms with Crippen LogP contribution in [0.15, 0.2) is 42.5 Å². The Morgan fingerprint density at radius 2 is 1.96 bits per heavy atom. The Morgan fingerprint density at radius 3 is 2.81 bits per heavy atom. The van der Waals surface area contributed by atoms with Gasteiger partial charge in [-0.25, -0.2) is 0 Å². The van der Waals surface area contributed by atoms with Gasteiger partial charge in [-0.3, -0.25) is 5.10 Å². The van der Waals surface area contributed by atoms with E-state index in [0.29, 0.717) is 0 Å².